The first-order valence-corrected chi connectivity index (χ1v) is 25.1. The minimum absolute atomic E-state index is 0.0629. The van der Waals surface area contributed by atoms with Crippen LogP contribution in [0.5, 0.6) is 0 Å². The number of nitrogens with zero attached hydrogens (tertiary/aromatic N) is 6. The zero-order valence-corrected chi connectivity index (χ0v) is 41.9. The summed E-state index contributed by atoms with van der Waals surface area (Å²) in [5.74, 6) is -6.77. The number of fused-ring (bicyclic) bond motifs is 1. The third-order valence-electron chi connectivity index (χ3n) is 12.9. The standard InChI is InChI=1S/C46H81N13O12/c1-31(2)40-41(67)44(70)50-15-7-5-11-34(42(68)49-14-6-4-10-32(3)53-35(12-8-16-51-46(47)48)45(71)59-17-9-13-36(59)43(69)54-40)52-26-33(60)27-55-18-20-56(28-37(61)62)22-24-58(30-39(65)66)25-23-57(21-19-55)29-38(63)64/h31-32,34-36,40,52-53H,4-30H2,1-3H3,(H,49,68)(H,50,70)(H,54,69)(H,61,62)(H,63,64)(H,65,66)(H4,47,48,51)/t32?,34?,35-,36-,40-/m0/s1. The van der Waals surface area contributed by atoms with E-state index in [1.807, 2.05) is 11.8 Å². The van der Waals surface area contributed by atoms with Crippen LogP contribution in [-0.2, 0) is 43.2 Å². The molecular formula is C46H81N13O12. The van der Waals surface area contributed by atoms with Crippen LogP contribution in [0.4, 0.5) is 0 Å². The summed E-state index contributed by atoms with van der Waals surface area (Å²) in [5, 5.41) is 43.5. The molecule has 2 unspecified atom stereocenters. The molecule has 402 valence electrons. The number of aliphatic carboxylic acids is 3. The molecule has 71 heavy (non-hydrogen) atoms. The largest absolute Gasteiger partial charge is 0.480 e. The molecule has 0 aromatic heterocycles. The van der Waals surface area contributed by atoms with Gasteiger partial charge in [0, 0.05) is 84.6 Å². The summed E-state index contributed by atoms with van der Waals surface area (Å²) in [4.78, 5) is 129. The first kappa shape index (κ1) is 60.0. The average molecular weight is 1010 g/mol. The Morgan fingerprint density at radius 3 is 1.73 bits per heavy atom. The number of nitrogens with two attached hydrogens (primary N) is 2. The molecule has 0 aromatic rings. The highest BCUT2D eigenvalue weighted by Gasteiger charge is 2.40. The smallest absolute Gasteiger partial charge is 0.317 e. The van der Waals surface area contributed by atoms with E-state index in [2.05, 4.69) is 31.6 Å². The van der Waals surface area contributed by atoms with Gasteiger partial charge in [-0.3, -0.25) is 73.1 Å². The van der Waals surface area contributed by atoms with Crippen LogP contribution >= 0.6 is 0 Å². The SMILES string of the molecule is CC1CCCCNC(=O)C(NCC(=O)CN2CCN(CC(=O)O)CCN(CC(=O)O)CCN(CC(=O)O)CC2)CCCCNC(=O)C(=O)[C@H](C(C)C)NC(=O)[C@@H]2CCCN2C(=O)[C@H](CCCN=C(N)N)N1. The Kier molecular flexibility index (Phi) is 26.9. The Morgan fingerprint density at radius 1 is 0.690 bits per heavy atom. The number of carbonyl (C=O) groups is 9. The lowest BCUT2D eigenvalue weighted by Crippen LogP contribution is -2.57. The van der Waals surface area contributed by atoms with Crippen molar-refractivity contribution in [3.8, 4) is 0 Å². The zero-order chi connectivity index (χ0) is 52.5. The van der Waals surface area contributed by atoms with E-state index in [4.69, 9.17) is 11.5 Å². The Balaban J connectivity index is 1.75. The number of hydrogen-bond donors (Lipinski definition) is 10. The number of hydrogen-bond acceptors (Lipinski definition) is 16. The van der Waals surface area contributed by atoms with Gasteiger partial charge in [-0.1, -0.05) is 20.3 Å². The summed E-state index contributed by atoms with van der Waals surface area (Å²) in [6.45, 7) is 7.20. The van der Waals surface area contributed by atoms with Crippen molar-refractivity contribution in [2.45, 2.75) is 115 Å². The van der Waals surface area contributed by atoms with Gasteiger partial charge in [-0.2, -0.15) is 0 Å². The topological polar surface area (TPSA) is 355 Å². The second-order valence-electron chi connectivity index (χ2n) is 19.1. The van der Waals surface area contributed by atoms with E-state index in [0.29, 0.717) is 77.4 Å². The molecule has 0 radical (unpaired) electrons. The second-order valence-corrected chi connectivity index (χ2v) is 19.1. The van der Waals surface area contributed by atoms with Crippen molar-refractivity contribution in [3.05, 3.63) is 0 Å². The molecule has 3 aliphatic rings. The molecule has 25 heteroatoms. The molecular weight excluding hydrogens is 927 g/mol. The number of amides is 4. The summed E-state index contributed by atoms with van der Waals surface area (Å²) < 4.78 is 0. The van der Waals surface area contributed by atoms with Gasteiger partial charge in [0.15, 0.2) is 11.7 Å². The first-order valence-electron chi connectivity index (χ1n) is 25.1. The lowest BCUT2D eigenvalue weighted by atomic mass is 9.98. The number of aliphatic imine (C=N–C) groups is 1. The maximum atomic E-state index is 14.1. The molecule has 0 aromatic carbocycles. The van der Waals surface area contributed by atoms with Gasteiger partial charge in [0.05, 0.1) is 50.8 Å². The molecule has 3 heterocycles. The van der Waals surface area contributed by atoms with E-state index in [0.717, 1.165) is 0 Å². The molecule has 0 spiro atoms. The summed E-state index contributed by atoms with van der Waals surface area (Å²) >= 11 is 0. The number of Topliss-reactive ketones (excluding diaryl/α,β-unsaturated/α-hetero) is 2. The third kappa shape index (κ3) is 23.2. The van der Waals surface area contributed by atoms with Gasteiger partial charge in [0.2, 0.25) is 23.5 Å². The minimum atomic E-state index is -1.14. The highest BCUT2D eigenvalue weighted by molar-refractivity contribution is 6.38. The van der Waals surface area contributed by atoms with E-state index in [1.165, 1.54) is 0 Å². The fourth-order valence-electron chi connectivity index (χ4n) is 8.96. The van der Waals surface area contributed by atoms with Gasteiger partial charge in [-0.25, -0.2) is 0 Å². The predicted molar refractivity (Wildman–Crippen MR) is 262 cm³/mol. The van der Waals surface area contributed by atoms with Gasteiger partial charge >= 0.3 is 17.9 Å². The summed E-state index contributed by atoms with van der Waals surface area (Å²) in [5.41, 5.74) is 11.0. The van der Waals surface area contributed by atoms with Crippen molar-refractivity contribution in [2.24, 2.45) is 22.4 Å². The number of ketones is 2. The molecule has 0 aliphatic carbocycles. The van der Waals surface area contributed by atoms with Crippen LogP contribution in [0, 0.1) is 5.92 Å². The van der Waals surface area contributed by atoms with Crippen molar-refractivity contribution in [1.29, 1.82) is 0 Å². The summed E-state index contributed by atoms with van der Waals surface area (Å²) in [6.07, 6.45) is 4.92. The molecule has 25 nitrogen and oxygen atoms in total. The molecule has 3 saturated heterocycles. The average Bonchev–Trinajstić information content (AvgIpc) is 3.79. The van der Waals surface area contributed by atoms with Crippen LogP contribution < -0.4 is 38.1 Å². The van der Waals surface area contributed by atoms with E-state index >= 15 is 0 Å². The molecule has 5 atom stereocenters. The fraction of sp³-hybridized carbons (Fsp3) is 0.783. The van der Waals surface area contributed by atoms with E-state index in [9.17, 15) is 58.5 Å². The van der Waals surface area contributed by atoms with Gasteiger partial charge in [0.25, 0.3) is 5.91 Å². The zero-order valence-electron chi connectivity index (χ0n) is 41.9. The highest BCUT2D eigenvalue weighted by atomic mass is 16.4. The van der Waals surface area contributed by atoms with Gasteiger partial charge in [-0.15, -0.1) is 0 Å². The van der Waals surface area contributed by atoms with Crippen LogP contribution in [0.15, 0.2) is 4.99 Å². The Bertz CT molecular complexity index is 1790. The number of nitrogens with one attached hydrogen (secondary N) is 5. The van der Waals surface area contributed by atoms with Crippen LogP contribution in [0.2, 0.25) is 0 Å². The van der Waals surface area contributed by atoms with Crippen LogP contribution in [0.25, 0.3) is 0 Å². The molecule has 4 amide bonds. The van der Waals surface area contributed by atoms with Crippen molar-refractivity contribution in [1.82, 2.24) is 51.1 Å². The van der Waals surface area contributed by atoms with E-state index < -0.39 is 65.6 Å². The van der Waals surface area contributed by atoms with E-state index in [-0.39, 0.29) is 128 Å². The monoisotopic (exact) mass is 1010 g/mol. The third-order valence-corrected chi connectivity index (χ3v) is 12.9. The minimum Gasteiger partial charge on any atom is -0.480 e. The number of rotatable bonds is 16. The van der Waals surface area contributed by atoms with Crippen molar-refractivity contribution < 1.29 is 58.5 Å². The maximum Gasteiger partial charge on any atom is 0.317 e. The van der Waals surface area contributed by atoms with Crippen molar-refractivity contribution in [3.63, 3.8) is 0 Å². The van der Waals surface area contributed by atoms with Gasteiger partial charge in [0.1, 0.15) is 6.04 Å². The number of guanidine groups is 1. The Hall–Kier alpha value is -5.34. The van der Waals surface area contributed by atoms with Crippen LogP contribution in [-0.4, -0.2) is 240 Å². The van der Waals surface area contributed by atoms with Crippen molar-refractivity contribution >= 4 is 59.1 Å². The molecule has 0 saturated carbocycles. The Morgan fingerprint density at radius 2 is 1.21 bits per heavy atom. The molecule has 12 N–H and O–H groups in total. The number of carbonyl (C=O) groups excluding carboxylic acids is 6. The van der Waals surface area contributed by atoms with Gasteiger partial charge < -0.3 is 53.0 Å². The number of carboxylic acid groups (broad SMARTS) is 3. The lowest BCUT2D eigenvalue weighted by Gasteiger charge is -2.33. The molecule has 3 aliphatic heterocycles. The molecule has 0 bridgehead atoms. The Labute approximate surface area is 416 Å². The fourth-order valence-corrected chi connectivity index (χ4v) is 8.96. The van der Waals surface area contributed by atoms with Gasteiger partial charge in [-0.05, 0) is 70.6 Å². The quantitative estimate of drug-likeness (QED) is 0.0313. The predicted octanol–water partition coefficient (Wildman–Crippen LogP) is -3.32. The maximum absolute atomic E-state index is 14.1. The second kappa shape index (κ2) is 31.9. The number of carboxylic acids is 3. The summed E-state index contributed by atoms with van der Waals surface area (Å²) in [7, 11) is 0. The molecule has 3 fully saturated rings. The van der Waals surface area contributed by atoms with Crippen molar-refractivity contribution in [2.75, 3.05) is 111 Å². The molecule has 3 rings (SSSR count). The lowest BCUT2D eigenvalue weighted by molar-refractivity contribution is -0.143. The highest BCUT2D eigenvalue weighted by Crippen LogP contribution is 2.21. The van der Waals surface area contributed by atoms with Crippen LogP contribution in [0.1, 0.15) is 85.0 Å². The summed E-state index contributed by atoms with van der Waals surface area (Å²) in [6, 6.07) is -3.57. The first-order chi connectivity index (χ1) is 33.7. The van der Waals surface area contributed by atoms with Crippen LogP contribution in [0.3, 0.4) is 0 Å². The van der Waals surface area contributed by atoms with E-state index in [1.54, 1.807) is 33.4 Å². The normalized spacial score (nSPS) is 24.9.